The highest BCUT2D eigenvalue weighted by atomic mass is 16.6. The van der Waals surface area contributed by atoms with Gasteiger partial charge < -0.3 is 28.0 Å². The Labute approximate surface area is 273 Å². The molecule has 8 rings (SSSR count). The molecule has 2 aromatic carbocycles. The van der Waals surface area contributed by atoms with Gasteiger partial charge in [0.05, 0.1) is 31.7 Å². The van der Waals surface area contributed by atoms with Crippen LogP contribution in [0.25, 0.3) is 21.8 Å². The standard InChI is InChI=1S/C34H32N6O8/c1-44-22-5-3-20(4-6-22)14-40-30(41)19-46-27-9-10-29(35-32(27)40)39-16-21-15-37(17-28(21)48-34(39)43)11-12-38-26-13-23(45-2)7-8-24(26)25-18-47-36-31(25)33(38)42/h3-10,13,18,21,28H,11-12,14-17,19H2,1-2H3. The van der Waals surface area contributed by atoms with Crippen molar-refractivity contribution < 1.29 is 33.1 Å². The summed E-state index contributed by atoms with van der Waals surface area (Å²) in [5, 5.41) is 5.46. The number of hydrogen-bond donors (Lipinski definition) is 0. The first-order valence-electron chi connectivity index (χ1n) is 15.6. The van der Waals surface area contributed by atoms with E-state index in [4.69, 9.17) is 28.5 Å². The summed E-state index contributed by atoms with van der Waals surface area (Å²) in [5.74, 6) is 2.33. The van der Waals surface area contributed by atoms with Crippen molar-refractivity contribution in [3.8, 4) is 17.2 Å². The van der Waals surface area contributed by atoms with Gasteiger partial charge in [-0.25, -0.2) is 9.78 Å². The zero-order valence-corrected chi connectivity index (χ0v) is 26.3. The van der Waals surface area contributed by atoms with E-state index in [9.17, 15) is 14.4 Å². The average Bonchev–Trinajstić information content (AvgIpc) is 3.76. The molecule has 2 atom stereocenters. The number of amides is 2. The summed E-state index contributed by atoms with van der Waals surface area (Å²) >= 11 is 0. The molecule has 0 spiro atoms. The number of carbonyl (C=O) groups is 2. The van der Waals surface area contributed by atoms with Gasteiger partial charge in [0.15, 0.2) is 23.7 Å². The number of nitrogens with zero attached hydrogens (tertiary/aromatic N) is 6. The van der Waals surface area contributed by atoms with Gasteiger partial charge in [0, 0.05) is 50.1 Å². The van der Waals surface area contributed by atoms with Crippen molar-refractivity contribution in [2.24, 2.45) is 5.92 Å². The quantitative estimate of drug-likeness (QED) is 0.243. The number of aromatic nitrogens is 3. The molecular weight excluding hydrogens is 620 g/mol. The van der Waals surface area contributed by atoms with Crippen molar-refractivity contribution in [3.63, 3.8) is 0 Å². The van der Waals surface area contributed by atoms with Crippen LogP contribution < -0.4 is 29.6 Å². The first kappa shape index (κ1) is 29.8. The van der Waals surface area contributed by atoms with Crippen LogP contribution in [0.5, 0.6) is 17.2 Å². The summed E-state index contributed by atoms with van der Waals surface area (Å²) in [5.41, 5.74) is 1.66. The van der Waals surface area contributed by atoms with E-state index in [1.807, 2.05) is 42.5 Å². The molecule has 2 unspecified atom stereocenters. The maximum atomic E-state index is 13.4. The van der Waals surface area contributed by atoms with Crippen molar-refractivity contribution in [2.45, 2.75) is 19.2 Å². The first-order chi connectivity index (χ1) is 23.4. The maximum absolute atomic E-state index is 13.4. The number of likely N-dealkylation sites (tertiary alicyclic amines) is 1. The molecular formula is C34H32N6O8. The molecule has 2 fully saturated rings. The lowest BCUT2D eigenvalue weighted by atomic mass is 10.0. The Hall–Kier alpha value is -5.63. The molecule has 5 aromatic rings. The minimum Gasteiger partial charge on any atom is -0.497 e. The summed E-state index contributed by atoms with van der Waals surface area (Å²) in [6.45, 7) is 2.73. The SMILES string of the molecule is COc1ccc(CN2C(=O)COc3ccc(N4CC5CN(CCn6c(=O)c7nocc7c7ccc(OC)cc76)CC5OC4=O)nc32)cc1. The van der Waals surface area contributed by atoms with Gasteiger partial charge in [0.25, 0.3) is 11.5 Å². The Morgan fingerprint density at radius 2 is 1.71 bits per heavy atom. The Bertz CT molecular complexity index is 2110. The van der Waals surface area contributed by atoms with Crippen LogP contribution >= 0.6 is 0 Å². The lowest BCUT2D eigenvalue weighted by molar-refractivity contribution is -0.121. The summed E-state index contributed by atoms with van der Waals surface area (Å²) in [4.78, 5) is 49.7. The molecule has 246 valence electrons. The van der Waals surface area contributed by atoms with Gasteiger partial charge in [-0.2, -0.15) is 0 Å². The number of carbonyl (C=O) groups excluding carboxylic acids is 2. The van der Waals surface area contributed by atoms with Crippen LogP contribution in [0.1, 0.15) is 5.56 Å². The molecule has 6 heterocycles. The monoisotopic (exact) mass is 652 g/mol. The average molecular weight is 653 g/mol. The molecule has 0 aliphatic carbocycles. The number of benzene rings is 2. The number of pyridine rings is 2. The third-order valence-electron chi connectivity index (χ3n) is 9.30. The molecule has 2 saturated heterocycles. The molecule has 14 heteroatoms. The predicted octanol–water partition coefficient (Wildman–Crippen LogP) is 3.44. The number of anilines is 2. The minimum absolute atomic E-state index is 0.0143. The van der Waals surface area contributed by atoms with Crippen molar-refractivity contribution in [1.29, 1.82) is 0 Å². The number of methoxy groups -OCH3 is 2. The van der Waals surface area contributed by atoms with Gasteiger partial charge in [0.1, 0.15) is 29.7 Å². The highest BCUT2D eigenvalue weighted by molar-refractivity contribution is 6.04. The Balaban J connectivity index is 0.994. The van der Waals surface area contributed by atoms with Crippen LogP contribution in [0.3, 0.4) is 0 Å². The lowest BCUT2D eigenvalue weighted by Crippen LogP contribution is -2.48. The lowest BCUT2D eigenvalue weighted by Gasteiger charge is -2.34. The van der Waals surface area contributed by atoms with Crippen molar-refractivity contribution in [2.75, 3.05) is 56.8 Å². The number of ether oxygens (including phenoxy) is 4. The van der Waals surface area contributed by atoms with Crippen LogP contribution in [-0.4, -0.2) is 84.7 Å². The van der Waals surface area contributed by atoms with E-state index >= 15 is 0 Å². The molecule has 0 bridgehead atoms. The van der Waals surface area contributed by atoms with Gasteiger partial charge >= 0.3 is 6.09 Å². The fraction of sp³-hybridized carbons (Fsp3) is 0.324. The van der Waals surface area contributed by atoms with Crippen LogP contribution in [0.4, 0.5) is 16.4 Å². The normalized spacial score (nSPS) is 19.3. The van der Waals surface area contributed by atoms with E-state index < -0.39 is 6.09 Å². The van der Waals surface area contributed by atoms with Crippen LogP contribution in [0.15, 0.2) is 70.2 Å². The van der Waals surface area contributed by atoms with Crippen LogP contribution in [0.2, 0.25) is 0 Å². The fourth-order valence-electron chi connectivity index (χ4n) is 6.77. The zero-order valence-electron chi connectivity index (χ0n) is 26.3. The molecule has 48 heavy (non-hydrogen) atoms. The van der Waals surface area contributed by atoms with Crippen molar-refractivity contribution in [3.05, 3.63) is 76.8 Å². The van der Waals surface area contributed by atoms with E-state index in [-0.39, 0.29) is 42.2 Å². The van der Waals surface area contributed by atoms with Gasteiger partial charge in [0.2, 0.25) is 0 Å². The number of rotatable bonds is 8. The van der Waals surface area contributed by atoms with E-state index in [0.29, 0.717) is 61.2 Å². The maximum Gasteiger partial charge on any atom is 0.415 e. The van der Waals surface area contributed by atoms with Gasteiger partial charge in [-0.3, -0.25) is 24.3 Å². The summed E-state index contributed by atoms with van der Waals surface area (Å²) in [6, 6.07) is 16.5. The Morgan fingerprint density at radius 1 is 0.896 bits per heavy atom. The third kappa shape index (κ3) is 5.14. The van der Waals surface area contributed by atoms with E-state index in [2.05, 4.69) is 10.1 Å². The van der Waals surface area contributed by atoms with Crippen molar-refractivity contribution in [1.82, 2.24) is 19.6 Å². The zero-order chi connectivity index (χ0) is 32.9. The molecule has 0 N–H and O–H groups in total. The smallest absolute Gasteiger partial charge is 0.415 e. The highest BCUT2D eigenvalue weighted by Crippen LogP contribution is 2.36. The molecule has 2 amide bonds. The van der Waals surface area contributed by atoms with E-state index in [1.54, 1.807) is 35.8 Å². The molecule has 0 radical (unpaired) electrons. The predicted molar refractivity (Wildman–Crippen MR) is 174 cm³/mol. The summed E-state index contributed by atoms with van der Waals surface area (Å²) in [6.07, 6.45) is 0.692. The fourth-order valence-corrected chi connectivity index (χ4v) is 6.77. The summed E-state index contributed by atoms with van der Waals surface area (Å²) < 4.78 is 29.1. The number of hydrogen-bond acceptors (Lipinski definition) is 11. The minimum atomic E-state index is -0.499. The molecule has 3 aromatic heterocycles. The molecule has 0 saturated carbocycles. The third-order valence-corrected chi connectivity index (χ3v) is 9.30. The van der Waals surface area contributed by atoms with Gasteiger partial charge in [-0.05, 0) is 42.0 Å². The molecule has 3 aliphatic heterocycles. The van der Waals surface area contributed by atoms with Crippen LogP contribution in [0, 0.1) is 5.92 Å². The van der Waals surface area contributed by atoms with Gasteiger partial charge in [-0.15, -0.1) is 0 Å². The number of fused-ring (bicyclic) bond motifs is 5. The topological polar surface area (TPSA) is 142 Å². The van der Waals surface area contributed by atoms with E-state index in [0.717, 1.165) is 22.2 Å². The largest absolute Gasteiger partial charge is 0.497 e. The Morgan fingerprint density at radius 3 is 2.52 bits per heavy atom. The molecule has 14 nitrogen and oxygen atoms in total. The molecule has 3 aliphatic rings. The van der Waals surface area contributed by atoms with E-state index in [1.165, 1.54) is 11.2 Å². The Kier molecular flexibility index (Phi) is 7.36. The second-order valence-electron chi connectivity index (χ2n) is 12.1. The second kappa shape index (κ2) is 11.9. The van der Waals surface area contributed by atoms with Crippen molar-refractivity contribution >= 4 is 45.4 Å². The van der Waals surface area contributed by atoms with Gasteiger partial charge in [-0.1, -0.05) is 17.3 Å². The highest BCUT2D eigenvalue weighted by Gasteiger charge is 2.43. The summed E-state index contributed by atoms with van der Waals surface area (Å²) in [7, 11) is 3.19. The second-order valence-corrected chi connectivity index (χ2v) is 12.1. The first-order valence-corrected chi connectivity index (χ1v) is 15.6. The van der Waals surface area contributed by atoms with Crippen LogP contribution in [-0.2, 0) is 22.6 Å².